The van der Waals surface area contributed by atoms with Gasteiger partial charge in [0.15, 0.2) is 6.61 Å². The third-order valence-corrected chi connectivity index (χ3v) is 2.24. The molecule has 18 heavy (non-hydrogen) atoms. The number of amides is 1. The monoisotopic (exact) mass is 246 g/mol. The number of rotatable bonds is 4. The molecule has 1 aromatic carbocycles. The van der Waals surface area contributed by atoms with E-state index in [9.17, 15) is 9.59 Å². The topological polar surface area (TPSA) is 81.4 Å². The van der Waals surface area contributed by atoms with Crippen molar-refractivity contribution < 1.29 is 14.3 Å². The number of anilines is 1. The van der Waals surface area contributed by atoms with Crippen LogP contribution in [0, 0.1) is 19.3 Å². The van der Waals surface area contributed by atoms with E-state index in [-0.39, 0.29) is 13.2 Å². The first kappa shape index (κ1) is 13.6. The van der Waals surface area contributed by atoms with Crippen molar-refractivity contribution in [2.45, 2.75) is 6.92 Å². The fourth-order valence-corrected chi connectivity index (χ4v) is 1.18. The van der Waals surface area contributed by atoms with Gasteiger partial charge in [0, 0.05) is 5.69 Å². The number of nitrogens with two attached hydrogens (primary N) is 1. The lowest BCUT2D eigenvalue weighted by Gasteiger charge is -2.06. The molecule has 0 spiro atoms. The van der Waals surface area contributed by atoms with Crippen LogP contribution in [-0.4, -0.2) is 25.0 Å². The number of esters is 1. The third kappa shape index (κ3) is 3.83. The van der Waals surface area contributed by atoms with E-state index in [4.69, 9.17) is 16.9 Å². The van der Waals surface area contributed by atoms with Gasteiger partial charge in [-0.05, 0) is 24.6 Å². The molecular weight excluding hydrogens is 232 g/mol. The van der Waals surface area contributed by atoms with Crippen LogP contribution in [0.4, 0.5) is 5.69 Å². The quantitative estimate of drug-likeness (QED) is 0.460. The molecule has 1 amide bonds. The van der Waals surface area contributed by atoms with Gasteiger partial charge in [0.05, 0.1) is 12.1 Å². The van der Waals surface area contributed by atoms with E-state index < -0.39 is 11.9 Å². The molecule has 5 nitrogen and oxygen atoms in total. The zero-order valence-electron chi connectivity index (χ0n) is 10.0. The van der Waals surface area contributed by atoms with Crippen molar-refractivity contribution in [2.75, 3.05) is 18.9 Å². The summed E-state index contributed by atoms with van der Waals surface area (Å²) in [6, 6.07) is 4.81. The first-order chi connectivity index (χ1) is 8.54. The Hall–Kier alpha value is -2.48. The minimum Gasteiger partial charge on any atom is -0.452 e. The number of carbonyl (C=O) groups is 2. The Balaban J connectivity index is 2.53. The van der Waals surface area contributed by atoms with Crippen LogP contribution in [0.3, 0.4) is 0 Å². The van der Waals surface area contributed by atoms with Gasteiger partial charge in [-0.25, -0.2) is 4.79 Å². The van der Waals surface area contributed by atoms with E-state index >= 15 is 0 Å². The Morgan fingerprint density at radius 1 is 1.50 bits per heavy atom. The zero-order chi connectivity index (χ0) is 13.5. The van der Waals surface area contributed by atoms with Crippen LogP contribution in [0.5, 0.6) is 0 Å². The average molecular weight is 246 g/mol. The van der Waals surface area contributed by atoms with Crippen molar-refractivity contribution in [1.29, 1.82) is 0 Å². The van der Waals surface area contributed by atoms with Gasteiger partial charge in [-0.3, -0.25) is 4.79 Å². The molecule has 0 aliphatic carbocycles. The van der Waals surface area contributed by atoms with Crippen LogP contribution in [0.25, 0.3) is 0 Å². The summed E-state index contributed by atoms with van der Waals surface area (Å²) in [7, 11) is 0. The molecule has 0 radical (unpaired) electrons. The largest absolute Gasteiger partial charge is 0.452 e. The van der Waals surface area contributed by atoms with Crippen LogP contribution < -0.4 is 11.1 Å². The summed E-state index contributed by atoms with van der Waals surface area (Å²) in [4.78, 5) is 22.7. The molecule has 0 aliphatic heterocycles. The molecule has 0 unspecified atom stereocenters. The van der Waals surface area contributed by atoms with E-state index in [2.05, 4.69) is 11.2 Å². The Morgan fingerprint density at radius 3 is 2.83 bits per heavy atom. The molecule has 1 rings (SSSR count). The SMILES string of the molecule is C#CCNC(=O)COC(=O)c1ccc(C)c(N)c1. The fraction of sp³-hybridized carbons (Fsp3) is 0.231. The predicted octanol–water partition coefficient (Wildman–Crippen LogP) is 0.483. The number of carbonyl (C=O) groups excluding carboxylic acids is 2. The summed E-state index contributed by atoms with van der Waals surface area (Å²) in [6.07, 6.45) is 4.97. The highest BCUT2D eigenvalue weighted by molar-refractivity contribution is 5.92. The molecular formula is C13H14N2O3. The van der Waals surface area contributed by atoms with E-state index in [0.29, 0.717) is 11.3 Å². The molecule has 0 atom stereocenters. The Bertz CT molecular complexity index is 503. The first-order valence-electron chi connectivity index (χ1n) is 5.28. The van der Waals surface area contributed by atoms with Gasteiger partial charge in [-0.1, -0.05) is 12.0 Å². The highest BCUT2D eigenvalue weighted by Crippen LogP contribution is 2.13. The standard InChI is InChI=1S/C13H14N2O3/c1-3-6-15-12(16)8-18-13(17)10-5-4-9(2)11(14)7-10/h1,4-5,7H,6,8,14H2,2H3,(H,15,16). The number of hydrogen-bond donors (Lipinski definition) is 2. The second-order valence-electron chi connectivity index (χ2n) is 3.63. The van der Waals surface area contributed by atoms with E-state index in [1.165, 1.54) is 6.07 Å². The second-order valence-corrected chi connectivity index (χ2v) is 3.63. The van der Waals surface area contributed by atoms with Gasteiger partial charge in [-0.15, -0.1) is 6.42 Å². The number of nitrogens with one attached hydrogen (secondary N) is 1. The summed E-state index contributed by atoms with van der Waals surface area (Å²) in [5.41, 5.74) is 7.35. The molecule has 3 N–H and O–H groups in total. The van der Waals surface area contributed by atoms with E-state index in [1.54, 1.807) is 12.1 Å². The van der Waals surface area contributed by atoms with Gasteiger partial charge in [0.25, 0.3) is 5.91 Å². The van der Waals surface area contributed by atoms with Gasteiger partial charge < -0.3 is 15.8 Å². The highest BCUT2D eigenvalue weighted by atomic mass is 16.5. The van der Waals surface area contributed by atoms with Gasteiger partial charge >= 0.3 is 5.97 Å². The van der Waals surface area contributed by atoms with Crippen LogP contribution in [0.15, 0.2) is 18.2 Å². The minimum atomic E-state index is -0.599. The van der Waals surface area contributed by atoms with Crippen molar-refractivity contribution >= 4 is 17.6 Å². The lowest BCUT2D eigenvalue weighted by atomic mass is 10.1. The molecule has 1 aromatic rings. The number of benzene rings is 1. The minimum absolute atomic E-state index is 0.105. The molecule has 0 aliphatic rings. The van der Waals surface area contributed by atoms with Gasteiger partial charge in [0.2, 0.25) is 0 Å². The van der Waals surface area contributed by atoms with Crippen molar-refractivity contribution in [2.24, 2.45) is 0 Å². The number of terminal acetylenes is 1. The first-order valence-corrected chi connectivity index (χ1v) is 5.28. The number of nitrogen functional groups attached to an aromatic ring is 1. The van der Waals surface area contributed by atoms with Crippen molar-refractivity contribution in [3.8, 4) is 12.3 Å². The molecule has 0 saturated heterocycles. The summed E-state index contributed by atoms with van der Waals surface area (Å²) >= 11 is 0. The number of aryl methyl sites for hydroxylation is 1. The Kier molecular flexibility index (Phi) is 4.76. The second kappa shape index (κ2) is 6.30. The molecule has 0 aromatic heterocycles. The zero-order valence-corrected chi connectivity index (χ0v) is 10.0. The lowest BCUT2D eigenvalue weighted by molar-refractivity contribution is -0.123. The predicted molar refractivity (Wildman–Crippen MR) is 67.7 cm³/mol. The molecule has 0 saturated carbocycles. The van der Waals surface area contributed by atoms with Crippen LogP contribution in [0.2, 0.25) is 0 Å². The molecule has 94 valence electrons. The van der Waals surface area contributed by atoms with Crippen LogP contribution >= 0.6 is 0 Å². The van der Waals surface area contributed by atoms with Crippen LogP contribution in [0.1, 0.15) is 15.9 Å². The Morgan fingerprint density at radius 2 is 2.22 bits per heavy atom. The van der Waals surface area contributed by atoms with Gasteiger partial charge in [0.1, 0.15) is 0 Å². The van der Waals surface area contributed by atoms with Crippen molar-refractivity contribution in [3.63, 3.8) is 0 Å². The maximum atomic E-state index is 11.6. The maximum Gasteiger partial charge on any atom is 0.338 e. The Labute approximate surface area is 105 Å². The highest BCUT2D eigenvalue weighted by Gasteiger charge is 2.10. The molecule has 0 heterocycles. The summed E-state index contributed by atoms with van der Waals surface area (Å²) in [6.45, 7) is 1.57. The fourth-order valence-electron chi connectivity index (χ4n) is 1.18. The maximum absolute atomic E-state index is 11.6. The van der Waals surface area contributed by atoms with Crippen LogP contribution in [-0.2, 0) is 9.53 Å². The molecule has 5 heteroatoms. The van der Waals surface area contributed by atoms with Gasteiger partial charge in [-0.2, -0.15) is 0 Å². The average Bonchev–Trinajstić information content (AvgIpc) is 2.36. The normalized spacial score (nSPS) is 9.33. The lowest BCUT2D eigenvalue weighted by Crippen LogP contribution is -2.29. The molecule has 0 fully saturated rings. The summed E-state index contributed by atoms with van der Waals surface area (Å²) in [5, 5.41) is 2.38. The smallest absolute Gasteiger partial charge is 0.338 e. The van der Waals surface area contributed by atoms with E-state index in [0.717, 1.165) is 5.56 Å². The summed E-state index contributed by atoms with van der Waals surface area (Å²) in [5.74, 6) is 1.20. The van der Waals surface area contributed by atoms with Crippen molar-refractivity contribution in [1.82, 2.24) is 5.32 Å². The summed E-state index contributed by atoms with van der Waals surface area (Å²) < 4.78 is 4.81. The molecule has 0 bridgehead atoms. The van der Waals surface area contributed by atoms with Crippen molar-refractivity contribution in [3.05, 3.63) is 29.3 Å². The van der Waals surface area contributed by atoms with E-state index in [1.807, 2.05) is 6.92 Å². The number of hydrogen-bond acceptors (Lipinski definition) is 4. The number of ether oxygens (including phenoxy) is 1. The third-order valence-electron chi connectivity index (χ3n) is 2.24.